The summed E-state index contributed by atoms with van der Waals surface area (Å²) in [6.07, 6.45) is 12.4. The van der Waals surface area contributed by atoms with E-state index in [2.05, 4.69) is 65.4 Å². The van der Waals surface area contributed by atoms with E-state index in [0.29, 0.717) is 24.2 Å². The van der Waals surface area contributed by atoms with E-state index in [4.69, 9.17) is 0 Å². The first kappa shape index (κ1) is 34.7. The van der Waals surface area contributed by atoms with Crippen molar-refractivity contribution < 1.29 is 14.4 Å². The molecule has 0 saturated carbocycles. The van der Waals surface area contributed by atoms with Crippen LogP contribution >= 0.6 is 0 Å². The van der Waals surface area contributed by atoms with Crippen molar-refractivity contribution in [1.29, 1.82) is 0 Å². The summed E-state index contributed by atoms with van der Waals surface area (Å²) in [6, 6.07) is 28.0. The van der Waals surface area contributed by atoms with Crippen molar-refractivity contribution >= 4 is 17.6 Å². The second-order valence-electron chi connectivity index (χ2n) is 13.7. The van der Waals surface area contributed by atoms with Crippen LogP contribution in [0.3, 0.4) is 0 Å². The summed E-state index contributed by atoms with van der Waals surface area (Å²) in [5.74, 6) is 0.193. The number of ketones is 1. The SMILES string of the molecule is CC(=O)C(c1ccccc1)(c1ccccc1)C1CCN(CCCCCCCCCCCN(C)CCN2C(=O)c3ccccc3C2=O)C1. The number of likely N-dealkylation sites (N-methyl/N-ethyl adjacent to an activating group) is 1. The van der Waals surface area contributed by atoms with E-state index in [1.807, 2.05) is 24.3 Å². The van der Waals surface area contributed by atoms with Crippen molar-refractivity contribution in [2.45, 2.75) is 76.5 Å². The molecule has 6 heteroatoms. The third-order valence-electron chi connectivity index (χ3n) is 10.5. The van der Waals surface area contributed by atoms with Gasteiger partial charge in [-0.05, 0) is 82.0 Å². The molecule has 0 spiro atoms. The number of nitrogens with zero attached hydrogens (tertiary/aromatic N) is 3. The van der Waals surface area contributed by atoms with E-state index in [1.54, 1.807) is 19.1 Å². The quantitative estimate of drug-likeness (QED) is 0.100. The minimum absolute atomic E-state index is 0.165. The lowest BCUT2D eigenvalue weighted by molar-refractivity contribution is -0.122. The largest absolute Gasteiger partial charge is 0.305 e. The number of imide groups is 1. The Morgan fingerprint density at radius 2 is 1.17 bits per heavy atom. The van der Waals surface area contributed by atoms with Gasteiger partial charge in [-0.2, -0.15) is 0 Å². The van der Waals surface area contributed by atoms with Crippen LogP contribution in [0.15, 0.2) is 84.9 Å². The lowest BCUT2D eigenvalue weighted by Crippen LogP contribution is -2.44. The van der Waals surface area contributed by atoms with Crippen molar-refractivity contribution in [3.05, 3.63) is 107 Å². The summed E-state index contributed by atoms with van der Waals surface area (Å²) >= 11 is 0. The average molecular weight is 636 g/mol. The zero-order valence-electron chi connectivity index (χ0n) is 28.5. The zero-order chi connectivity index (χ0) is 33.1. The van der Waals surface area contributed by atoms with Crippen LogP contribution in [0, 0.1) is 5.92 Å². The van der Waals surface area contributed by atoms with Crippen LogP contribution < -0.4 is 0 Å². The highest BCUT2D eigenvalue weighted by Gasteiger charge is 2.48. The van der Waals surface area contributed by atoms with Gasteiger partial charge in [-0.1, -0.05) is 118 Å². The molecule has 0 bridgehead atoms. The highest BCUT2D eigenvalue weighted by atomic mass is 16.2. The van der Waals surface area contributed by atoms with Crippen LogP contribution in [0.25, 0.3) is 0 Å². The molecule has 2 heterocycles. The molecule has 2 aliphatic rings. The number of rotatable bonds is 19. The van der Waals surface area contributed by atoms with Gasteiger partial charge in [0.15, 0.2) is 0 Å². The molecule has 3 aromatic carbocycles. The van der Waals surface area contributed by atoms with Gasteiger partial charge in [0.1, 0.15) is 5.78 Å². The molecule has 3 aromatic rings. The Morgan fingerprint density at radius 3 is 1.70 bits per heavy atom. The third-order valence-corrected chi connectivity index (χ3v) is 10.5. The van der Waals surface area contributed by atoms with Crippen molar-refractivity contribution in [3.8, 4) is 0 Å². The third kappa shape index (κ3) is 8.28. The number of benzene rings is 3. The van der Waals surface area contributed by atoms with E-state index < -0.39 is 5.41 Å². The maximum Gasteiger partial charge on any atom is 0.261 e. The minimum Gasteiger partial charge on any atom is -0.305 e. The normalized spacial score (nSPS) is 16.7. The van der Waals surface area contributed by atoms with Crippen molar-refractivity contribution in [3.63, 3.8) is 0 Å². The number of likely N-dealkylation sites (tertiary alicyclic amines) is 1. The Balaban J connectivity index is 0.924. The Kier molecular flexibility index (Phi) is 12.5. The summed E-state index contributed by atoms with van der Waals surface area (Å²) in [7, 11) is 2.08. The van der Waals surface area contributed by atoms with Crippen LogP contribution in [0.4, 0.5) is 0 Å². The molecular formula is C41H53N3O3. The molecule has 0 radical (unpaired) electrons. The first-order chi connectivity index (χ1) is 22.9. The molecule has 6 nitrogen and oxygen atoms in total. The van der Waals surface area contributed by atoms with Gasteiger partial charge in [0, 0.05) is 19.6 Å². The number of fused-ring (bicyclic) bond motifs is 1. The van der Waals surface area contributed by atoms with Gasteiger partial charge in [-0.15, -0.1) is 0 Å². The Labute approximate surface area is 282 Å². The van der Waals surface area contributed by atoms with Gasteiger partial charge in [0.25, 0.3) is 11.8 Å². The monoisotopic (exact) mass is 635 g/mol. The van der Waals surface area contributed by atoms with Gasteiger partial charge < -0.3 is 9.80 Å². The Morgan fingerprint density at radius 1 is 0.681 bits per heavy atom. The van der Waals surface area contributed by atoms with E-state index in [-0.39, 0.29) is 23.5 Å². The summed E-state index contributed by atoms with van der Waals surface area (Å²) in [4.78, 5) is 44.8. The first-order valence-electron chi connectivity index (χ1n) is 17.9. The number of carbonyl (C=O) groups is 3. The van der Waals surface area contributed by atoms with E-state index >= 15 is 0 Å². The summed E-state index contributed by atoms with van der Waals surface area (Å²) in [5.41, 5.74) is 2.71. The molecule has 1 atom stereocenters. The second-order valence-corrected chi connectivity index (χ2v) is 13.7. The van der Waals surface area contributed by atoms with Crippen LogP contribution in [-0.2, 0) is 10.2 Å². The average Bonchev–Trinajstić information content (AvgIpc) is 3.66. The molecule has 250 valence electrons. The fourth-order valence-corrected chi connectivity index (χ4v) is 7.90. The molecule has 1 unspecified atom stereocenters. The minimum atomic E-state index is -0.589. The van der Waals surface area contributed by atoms with Crippen LogP contribution in [0.2, 0.25) is 0 Å². The number of hydrogen-bond acceptors (Lipinski definition) is 5. The molecule has 0 aliphatic carbocycles. The lowest BCUT2D eigenvalue weighted by atomic mass is 9.63. The topological polar surface area (TPSA) is 60.9 Å². The van der Waals surface area contributed by atoms with Crippen LogP contribution in [0.5, 0.6) is 0 Å². The molecule has 0 N–H and O–H groups in total. The molecule has 5 rings (SSSR count). The molecule has 47 heavy (non-hydrogen) atoms. The predicted molar refractivity (Wildman–Crippen MR) is 190 cm³/mol. The van der Waals surface area contributed by atoms with E-state index in [9.17, 15) is 14.4 Å². The summed E-state index contributed by atoms with van der Waals surface area (Å²) in [5, 5.41) is 0. The van der Waals surface area contributed by atoms with Crippen LogP contribution in [0.1, 0.15) is 103 Å². The predicted octanol–water partition coefficient (Wildman–Crippen LogP) is 7.62. The summed E-state index contributed by atoms with van der Waals surface area (Å²) < 4.78 is 0. The van der Waals surface area contributed by atoms with E-state index in [1.165, 1.54) is 56.3 Å². The highest BCUT2D eigenvalue weighted by molar-refractivity contribution is 6.21. The Hall–Kier alpha value is -3.61. The molecule has 2 aliphatic heterocycles. The van der Waals surface area contributed by atoms with Crippen molar-refractivity contribution in [2.24, 2.45) is 5.92 Å². The van der Waals surface area contributed by atoms with Crippen molar-refractivity contribution in [2.75, 3.05) is 46.3 Å². The molecule has 1 fully saturated rings. The molecule has 0 aromatic heterocycles. The van der Waals surface area contributed by atoms with Gasteiger partial charge in [0.2, 0.25) is 0 Å². The fourth-order valence-electron chi connectivity index (χ4n) is 7.90. The first-order valence-corrected chi connectivity index (χ1v) is 17.9. The van der Waals surface area contributed by atoms with Gasteiger partial charge in [0.05, 0.1) is 16.5 Å². The van der Waals surface area contributed by atoms with Gasteiger partial charge >= 0.3 is 0 Å². The lowest BCUT2D eigenvalue weighted by Gasteiger charge is -2.38. The second kappa shape index (κ2) is 17.0. The molecular weight excluding hydrogens is 582 g/mol. The fraction of sp³-hybridized carbons (Fsp3) is 0.488. The number of carbonyl (C=O) groups excluding carboxylic acids is 3. The number of amides is 2. The smallest absolute Gasteiger partial charge is 0.261 e. The van der Waals surface area contributed by atoms with Gasteiger partial charge in [-0.3, -0.25) is 19.3 Å². The van der Waals surface area contributed by atoms with Crippen LogP contribution in [-0.4, -0.2) is 78.6 Å². The van der Waals surface area contributed by atoms with Gasteiger partial charge in [-0.25, -0.2) is 0 Å². The standard InChI is InChI=1S/C41H53N3O3/c1-33(45)41(34-20-12-10-13-21-34,35-22-14-11-15-23-35)36-26-29-43(32-36)28-19-9-7-5-3-4-6-8-18-27-42(2)30-31-44-39(46)37-24-16-17-25-38(37)40(44)47/h10-17,20-25,36H,3-9,18-19,26-32H2,1-2H3. The summed E-state index contributed by atoms with van der Waals surface area (Å²) in [6.45, 7) is 7.09. The number of Topliss-reactive ketones (excluding diaryl/α,β-unsaturated/α-hetero) is 1. The number of hydrogen-bond donors (Lipinski definition) is 0. The van der Waals surface area contributed by atoms with Crippen molar-refractivity contribution in [1.82, 2.24) is 14.7 Å². The highest BCUT2D eigenvalue weighted by Crippen LogP contribution is 2.44. The Bertz CT molecular complexity index is 1380. The maximum atomic E-state index is 13.5. The number of unbranched alkanes of at least 4 members (excludes halogenated alkanes) is 8. The molecule has 2 amide bonds. The van der Waals surface area contributed by atoms with E-state index in [0.717, 1.165) is 50.1 Å². The maximum absolute atomic E-state index is 13.5. The molecule has 1 saturated heterocycles. The zero-order valence-corrected chi connectivity index (χ0v) is 28.5.